The summed E-state index contributed by atoms with van der Waals surface area (Å²) in [6, 6.07) is 0. The third kappa shape index (κ3) is 5.28. The van der Waals surface area contributed by atoms with Gasteiger partial charge in [-0.25, -0.2) is 9.59 Å². The monoisotopic (exact) mass is 538 g/mol. The third-order valence-electron chi connectivity index (χ3n) is 8.89. The van der Waals surface area contributed by atoms with Crippen LogP contribution in [0, 0.1) is 11.8 Å². The second-order valence-electron chi connectivity index (χ2n) is 11.1. The lowest BCUT2D eigenvalue weighted by Crippen LogP contribution is -2.69. The molecule has 0 unspecified atom stereocenters. The molecule has 0 aromatic heterocycles. The molecule has 38 heavy (non-hydrogen) atoms. The second kappa shape index (κ2) is 11.8. The fourth-order valence-electron chi connectivity index (χ4n) is 6.49. The minimum absolute atomic E-state index is 0.00912. The van der Waals surface area contributed by atoms with Crippen molar-refractivity contribution in [2.45, 2.75) is 36.8 Å². The number of hydrogen-bond acceptors (Lipinski definition) is 10. The second-order valence-corrected chi connectivity index (χ2v) is 11.1. The van der Waals surface area contributed by atoms with Crippen molar-refractivity contribution in [3.05, 3.63) is 0 Å². The predicted molar refractivity (Wildman–Crippen MR) is 136 cm³/mol. The number of carbonyl (C=O) groups is 4. The standard InChI is InChI=1S/C26H42N4O8/c1-27(23(33)37-17-25(15-35-3)21(31)19-5-9-29(25)10-6-19)13-14-28(2)24(34)38-18-26(16-36-4)22(32)20-7-11-30(26)12-8-20/h19-20H,5-18H2,1-4H3/t25-,26-/m1/s1. The SMILES string of the molecule is COC[C@@]1(COC(=O)N(C)CCN(C)C(=O)OC[C@]2(COC)C(=O)C3CCN2CC3)C(=O)C2CCN1CC2. The quantitative estimate of drug-likeness (QED) is 0.368. The van der Waals surface area contributed by atoms with Crippen LogP contribution in [0.5, 0.6) is 0 Å². The number of carbonyl (C=O) groups excluding carboxylic acids is 4. The largest absolute Gasteiger partial charge is 0.447 e. The zero-order chi connectivity index (χ0) is 27.5. The fourth-order valence-corrected chi connectivity index (χ4v) is 6.49. The summed E-state index contributed by atoms with van der Waals surface area (Å²) in [5.41, 5.74) is -1.87. The van der Waals surface area contributed by atoms with E-state index in [1.807, 2.05) is 0 Å². The van der Waals surface area contributed by atoms with Gasteiger partial charge in [0.05, 0.1) is 13.2 Å². The number of amides is 2. The maximum atomic E-state index is 13.1. The average Bonchev–Trinajstić information content (AvgIpc) is 2.94. The molecule has 4 bridgehead atoms. The van der Waals surface area contributed by atoms with Crippen LogP contribution in [0.25, 0.3) is 0 Å². The number of likely N-dealkylation sites (N-methyl/N-ethyl adjacent to an activating group) is 2. The zero-order valence-electron chi connectivity index (χ0n) is 23.1. The van der Waals surface area contributed by atoms with Crippen molar-refractivity contribution in [1.82, 2.24) is 19.6 Å². The molecule has 2 atom stereocenters. The summed E-state index contributed by atoms with van der Waals surface area (Å²) in [6.07, 6.45) is 2.18. The first-order chi connectivity index (χ1) is 18.2. The van der Waals surface area contributed by atoms with Crippen LogP contribution in [0.2, 0.25) is 0 Å². The highest BCUT2D eigenvalue weighted by atomic mass is 16.6. The Balaban J connectivity index is 1.25. The number of rotatable bonds is 11. The molecule has 6 fully saturated rings. The molecule has 214 valence electrons. The summed E-state index contributed by atoms with van der Waals surface area (Å²) in [7, 11) is 6.25. The molecular formula is C26H42N4O8. The van der Waals surface area contributed by atoms with Crippen LogP contribution in [0.1, 0.15) is 25.7 Å². The van der Waals surface area contributed by atoms with Gasteiger partial charge in [0.25, 0.3) is 0 Å². The lowest BCUT2D eigenvalue weighted by Gasteiger charge is -2.51. The highest BCUT2D eigenvalue weighted by molar-refractivity contribution is 5.93. The van der Waals surface area contributed by atoms with E-state index >= 15 is 0 Å². The molecule has 6 heterocycles. The van der Waals surface area contributed by atoms with Gasteiger partial charge in [0, 0.05) is 79.4 Å². The van der Waals surface area contributed by atoms with Gasteiger partial charge >= 0.3 is 12.2 Å². The molecule has 0 aliphatic carbocycles. The highest BCUT2D eigenvalue weighted by Crippen LogP contribution is 2.38. The zero-order valence-corrected chi connectivity index (χ0v) is 23.1. The Bertz CT molecular complexity index is 830. The van der Waals surface area contributed by atoms with Crippen molar-refractivity contribution in [2.75, 3.05) is 94.0 Å². The summed E-state index contributed by atoms with van der Waals surface area (Å²) in [5.74, 6) is 0.152. The predicted octanol–water partition coefficient (Wildman–Crippen LogP) is 0.483. The fraction of sp³-hybridized carbons (Fsp3) is 0.846. The van der Waals surface area contributed by atoms with Gasteiger partial charge < -0.3 is 28.7 Å². The van der Waals surface area contributed by atoms with Crippen molar-refractivity contribution in [3.63, 3.8) is 0 Å². The molecule has 0 N–H and O–H groups in total. The minimum atomic E-state index is -0.933. The van der Waals surface area contributed by atoms with E-state index in [2.05, 4.69) is 9.80 Å². The summed E-state index contributed by atoms with van der Waals surface area (Å²) in [4.78, 5) is 58.4. The molecule has 2 amide bonds. The summed E-state index contributed by atoms with van der Waals surface area (Å²) in [5, 5.41) is 0. The number of piperidine rings is 6. The molecule has 6 saturated heterocycles. The molecule has 0 spiro atoms. The molecule has 0 aromatic rings. The number of hydrogen-bond donors (Lipinski definition) is 0. The van der Waals surface area contributed by atoms with E-state index in [1.165, 1.54) is 9.80 Å². The molecule has 0 aromatic carbocycles. The van der Waals surface area contributed by atoms with Gasteiger partial charge in [-0.2, -0.15) is 0 Å². The number of fused-ring (bicyclic) bond motifs is 6. The number of methoxy groups -OCH3 is 2. The molecule has 6 aliphatic heterocycles. The molecule has 6 rings (SSSR count). The van der Waals surface area contributed by atoms with Crippen LogP contribution in [0.3, 0.4) is 0 Å². The van der Waals surface area contributed by atoms with Crippen LogP contribution in [0.4, 0.5) is 9.59 Å². The molecule has 0 radical (unpaired) electrons. The Labute approximate surface area is 224 Å². The molecular weight excluding hydrogens is 496 g/mol. The van der Waals surface area contributed by atoms with Crippen molar-refractivity contribution in [3.8, 4) is 0 Å². The van der Waals surface area contributed by atoms with Crippen LogP contribution in [-0.2, 0) is 28.5 Å². The van der Waals surface area contributed by atoms with E-state index in [0.29, 0.717) is 0 Å². The minimum Gasteiger partial charge on any atom is -0.447 e. The van der Waals surface area contributed by atoms with E-state index in [9.17, 15) is 19.2 Å². The van der Waals surface area contributed by atoms with Crippen LogP contribution in [-0.4, -0.2) is 148 Å². The summed E-state index contributed by atoms with van der Waals surface area (Å²) in [6.45, 7) is 3.79. The number of nitrogens with zero attached hydrogens (tertiary/aromatic N) is 4. The molecule has 6 aliphatic rings. The first-order valence-corrected chi connectivity index (χ1v) is 13.5. The van der Waals surface area contributed by atoms with Gasteiger partial charge in [0.1, 0.15) is 24.3 Å². The van der Waals surface area contributed by atoms with Crippen molar-refractivity contribution < 1.29 is 38.1 Å². The first kappa shape index (κ1) is 28.7. The van der Waals surface area contributed by atoms with Crippen LogP contribution in [0.15, 0.2) is 0 Å². The van der Waals surface area contributed by atoms with E-state index < -0.39 is 23.3 Å². The summed E-state index contributed by atoms with van der Waals surface area (Å²) < 4.78 is 21.9. The number of ether oxygens (including phenoxy) is 4. The van der Waals surface area contributed by atoms with Gasteiger partial charge in [-0.05, 0) is 25.7 Å². The Kier molecular flexibility index (Phi) is 8.96. The van der Waals surface area contributed by atoms with E-state index in [4.69, 9.17) is 18.9 Å². The lowest BCUT2D eigenvalue weighted by molar-refractivity contribution is -0.159. The molecule has 12 nitrogen and oxygen atoms in total. The molecule has 12 heteroatoms. The van der Waals surface area contributed by atoms with Gasteiger partial charge in [-0.1, -0.05) is 0 Å². The van der Waals surface area contributed by atoms with E-state index in [-0.39, 0.29) is 62.9 Å². The van der Waals surface area contributed by atoms with Gasteiger partial charge in [-0.15, -0.1) is 0 Å². The third-order valence-corrected chi connectivity index (χ3v) is 8.89. The Morgan fingerprint density at radius 1 is 0.711 bits per heavy atom. The van der Waals surface area contributed by atoms with Crippen LogP contribution < -0.4 is 0 Å². The summed E-state index contributed by atoms with van der Waals surface area (Å²) >= 11 is 0. The van der Waals surface area contributed by atoms with Crippen molar-refractivity contribution in [2.24, 2.45) is 11.8 Å². The maximum absolute atomic E-state index is 13.1. The topological polar surface area (TPSA) is 118 Å². The van der Waals surface area contributed by atoms with E-state index in [0.717, 1.165) is 51.9 Å². The average molecular weight is 539 g/mol. The Morgan fingerprint density at radius 2 is 1.05 bits per heavy atom. The van der Waals surface area contributed by atoms with Crippen molar-refractivity contribution in [1.29, 1.82) is 0 Å². The van der Waals surface area contributed by atoms with Gasteiger partial charge in [0.2, 0.25) is 0 Å². The normalized spacial score (nSPS) is 33.8. The number of ketones is 2. The Morgan fingerprint density at radius 3 is 1.34 bits per heavy atom. The van der Waals surface area contributed by atoms with Crippen molar-refractivity contribution >= 4 is 23.8 Å². The smallest absolute Gasteiger partial charge is 0.409 e. The van der Waals surface area contributed by atoms with E-state index in [1.54, 1.807) is 28.3 Å². The number of Topliss-reactive ketones (excluding diaryl/α,β-unsaturated/α-hetero) is 2. The lowest BCUT2D eigenvalue weighted by atomic mass is 9.74. The Hall–Kier alpha value is -2.28. The van der Waals surface area contributed by atoms with Gasteiger partial charge in [-0.3, -0.25) is 19.4 Å². The van der Waals surface area contributed by atoms with Crippen LogP contribution >= 0.6 is 0 Å². The highest BCUT2D eigenvalue weighted by Gasteiger charge is 2.55. The molecule has 0 saturated carbocycles. The first-order valence-electron chi connectivity index (χ1n) is 13.5. The maximum Gasteiger partial charge on any atom is 0.409 e. The van der Waals surface area contributed by atoms with Gasteiger partial charge in [0.15, 0.2) is 11.6 Å².